The molecule has 220 valence electrons. The zero-order chi connectivity index (χ0) is 29.2. The van der Waals surface area contributed by atoms with Crippen LogP contribution in [0.1, 0.15) is 110 Å². The topological polar surface area (TPSA) is 0 Å². The molecule has 0 N–H and O–H groups in total. The van der Waals surface area contributed by atoms with E-state index in [9.17, 15) is 0 Å². The number of rotatable bonds is 20. The molecule has 0 aliphatic heterocycles. The van der Waals surface area contributed by atoms with Crippen molar-refractivity contribution >= 4 is 43.5 Å². The molecule has 0 aromatic rings. The van der Waals surface area contributed by atoms with E-state index >= 15 is 0 Å². The van der Waals surface area contributed by atoms with Crippen LogP contribution in [0.25, 0.3) is 0 Å². The van der Waals surface area contributed by atoms with Crippen LogP contribution in [0.5, 0.6) is 0 Å². The highest BCUT2D eigenvalue weighted by molar-refractivity contribution is 6.59. The van der Waals surface area contributed by atoms with Gasteiger partial charge in [-0.05, 0) is 6.42 Å². The van der Waals surface area contributed by atoms with Crippen LogP contribution >= 0.6 is 0 Å². The van der Waals surface area contributed by atoms with Gasteiger partial charge in [-0.15, -0.1) is 13.2 Å². The quantitative estimate of drug-likeness (QED) is 0.0782. The smallest absolute Gasteiger partial charge is 0.103 e. The van der Waals surface area contributed by atoms with Gasteiger partial charge in [0.25, 0.3) is 28.3 Å². The van der Waals surface area contributed by atoms with Gasteiger partial charge >= 0.3 is 0 Å². The maximum atomic E-state index is 3.48. The van der Waals surface area contributed by atoms with Crippen molar-refractivity contribution in [1.82, 2.24) is 0 Å². The maximum Gasteiger partial charge on any atom is 0.262 e. The number of allylic oxidation sites excluding steroid dienone is 2. The summed E-state index contributed by atoms with van der Waals surface area (Å²) in [4.78, 5) is 0. The fourth-order valence-corrected chi connectivity index (χ4v) is 15.7. The summed E-state index contributed by atoms with van der Waals surface area (Å²) in [6.07, 6.45) is 9.15. The third-order valence-corrected chi connectivity index (χ3v) is 18.9. The molecule has 0 aromatic heterocycles. The summed E-state index contributed by atoms with van der Waals surface area (Å²) >= 11 is -0.588. The van der Waals surface area contributed by atoms with Crippen LogP contribution in [-0.2, 0) is 0 Å². The van der Waals surface area contributed by atoms with Crippen molar-refractivity contribution in [3.8, 4) is 0 Å². The zero-order valence-electron chi connectivity index (χ0n) is 28.4. The molecule has 0 saturated heterocycles. The minimum atomic E-state index is -0.452. The second-order valence-corrected chi connectivity index (χ2v) is 22.8. The van der Waals surface area contributed by atoms with Gasteiger partial charge < -0.3 is 0 Å². The Hall–Kier alpha value is 1.08. The zero-order valence-corrected chi connectivity index (χ0v) is 32.1. The molecule has 0 spiro atoms. The average molecular weight is 566 g/mol. The molecule has 0 saturated carbocycles. The SMILES string of the molecule is C=CCC=C.CC(C)[CH2][AlH][CH2]C(C)C.CC(C)[CH2][Al]([CH2]CCC[CH2][Al]([CH2]C(C)C)[CH2]C(C)C)[CH2]C(C)C.[2HH]. The highest BCUT2D eigenvalue weighted by Crippen LogP contribution is 2.23. The van der Waals surface area contributed by atoms with Crippen LogP contribution in [-0.4, -0.2) is 43.5 Å². The predicted molar refractivity (Wildman–Crippen MR) is 187 cm³/mol. The van der Waals surface area contributed by atoms with Crippen molar-refractivity contribution in [3.05, 3.63) is 25.3 Å². The third kappa shape index (κ3) is 41.7. The van der Waals surface area contributed by atoms with Crippen molar-refractivity contribution < 1.29 is 1.43 Å². The standard InChI is InChI=1S/C5H10.C5H8.6C4H9.3Al.H2.H/c2*1-3-5-4-2;6*1-4(2)3;;;;;/h1-5H2;3-4H,1-2,5H2;6*4H,1H2,2-3H3;;;;1H;/i;;;;;;;;;;;1+1;. The van der Waals surface area contributed by atoms with Gasteiger partial charge in [-0.2, -0.15) is 0 Å². The Balaban J connectivity index is -0.000000317. The second-order valence-electron chi connectivity index (χ2n) is 14.4. The van der Waals surface area contributed by atoms with Gasteiger partial charge in [-0.1, -0.05) is 192 Å². The van der Waals surface area contributed by atoms with Crippen molar-refractivity contribution in [1.29, 1.82) is 0 Å². The monoisotopic (exact) mass is 566 g/mol. The first-order valence-corrected chi connectivity index (χ1v) is 23.4. The molecule has 0 aromatic carbocycles. The van der Waals surface area contributed by atoms with E-state index in [1.165, 1.54) is 17.0 Å². The van der Waals surface area contributed by atoms with Gasteiger partial charge in [0.2, 0.25) is 15.2 Å². The summed E-state index contributed by atoms with van der Waals surface area (Å²) in [5, 5.41) is 12.6. The van der Waals surface area contributed by atoms with Gasteiger partial charge in [-0.25, -0.2) is 0 Å². The van der Waals surface area contributed by atoms with Crippen molar-refractivity contribution in [2.75, 3.05) is 0 Å². The molecule has 37 heavy (non-hydrogen) atoms. The highest BCUT2D eigenvalue weighted by Gasteiger charge is 2.21. The van der Waals surface area contributed by atoms with Crippen molar-refractivity contribution in [2.24, 2.45) is 35.5 Å². The molecule has 0 aliphatic rings. The Morgan fingerprint density at radius 3 is 1.00 bits per heavy atom. The van der Waals surface area contributed by atoms with Gasteiger partial charge in [0.15, 0.2) is 0 Å². The molecule has 0 nitrogen and oxygen atoms in total. The van der Waals surface area contributed by atoms with E-state index in [0.717, 1.165) is 41.9 Å². The Morgan fingerprint density at radius 1 is 0.514 bits per heavy atom. The van der Waals surface area contributed by atoms with E-state index in [1.807, 2.05) is 12.2 Å². The van der Waals surface area contributed by atoms with Crippen LogP contribution < -0.4 is 0 Å². The van der Waals surface area contributed by atoms with E-state index in [0.29, 0.717) is 15.2 Å². The van der Waals surface area contributed by atoms with Gasteiger partial charge in [0.05, 0.1) is 0 Å². The Labute approximate surface area is 255 Å². The van der Waals surface area contributed by atoms with Gasteiger partial charge in [0.1, 0.15) is 0 Å². The molecule has 0 heterocycles. The van der Waals surface area contributed by atoms with Crippen molar-refractivity contribution in [3.63, 3.8) is 0 Å². The lowest BCUT2D eigenvalue weighted by atomic mass is 10.2. The number of unbranched alkanes of at least 4 members (excludes halogenated alkanes) is 2. The molecular formula is C34H75Al3. The summed E-state index contributed by atoms with van der Waals surface area (Å²) in [7, 11) is 0. The van der Waals surface area contributed by atoms with Crippen LogP contribution in [0.2, 0.25) is 42.3 Å². The fraction of sp³-hybridized carbons (Fsp3) is 0.882. The Morgan fingerprint density at radius 2 is 0.811 bits per heavy atom. The normalized spacial score (nSPS) is 11.0. The van der Waals surface area contributed by atoms with Gasteiger partial charge in [0, 0.05) is 1.43 Å². The molecule has 0 fully saturated rings. The van der Waals surface area contributed by atoms with E-state index in [4.69, 9.17) is 0 Å². The maximum absolute atomic E-state index is 3.48. The first kappa shape index (κ1) is 42.5. The Kier molecular flexibility index (Phi) is 34.5. The van der Waals surface area contributed by atoms with E-state index in [-0.39, 0.29) is 1.43 Å². The number of hydrogen-bond donors (Lipinski definition) is 0. The Bertz CT molecular complexity index is 412. The summed E-state index contributed by atoms with van der Waals surface area (Å²) < 4.78 is 0. The van der Waals surface area contributed by atoms with E-state index < -0.39 is 28.3 Å². The van der Waals surface area contributed by atoms with Crippen LogP contribution in [0.4, 0.5) is 0 Å². The minimum absolute atomic E-state index is 0. The summed E-state index contributed by atoms with van der Waals surface area (Å²) in [5.41, 5.74) is 0. The van der Waals surface area contributed by atoms with Gasteiger partial charge in [-0.3, -0.25) is 0 Å². The molecule has 0 amide bonds. The third-order valence-electron chi connectivity index (χ3n) is 6.84. The minimum Gasteiger partial charge on any atom is -0.103 e. The largest absolute Gasteiger partial charge is 0.262 e. The molecule has 3 heteroatoms. The molecule has 0 aliphatic carbocycles. The molecule has 0 bridgehead atoms. The average Bonchev–Trinajstić information content (AvgIpc) is 2.72. The second kappa shape index (κ2) is 30.0. The molecule has 0 unspecified atom stereocenters. The predicted octanol–water partition coefficient (Wildman–Crippen LogP) is 12.3. The summed E-state index contributed by atoms with van der Waals surface area (Å²) in [6.45, 7) is 35.7. The first-order valence-electron chi connectivity index (χ1n) is 16.5. The lowest BCUT2D eigenvalue weighted by Crippen LogP contribution is -2.18. The summed E-state index contributed by atoms with van der Waals surface area (Å²) in [6, 6.07) is 0. The van der Waals surface area contributed by atoms with E-state index in [1.54, 1.807) is 44.5 Å². The molecule has 0 atom stereocenters. The molecular weight excluding hydrogens is 489 g/mol. The first-order chi connectivity index (χ1) is 17.2. The fourth-order valence-electron chi connectivity index (χ4n) is 5.43. The van der Waals surface area contributed by atoms with E-state index in [2.05, 4.69) is 96.2 Å². The number of hydrogen-bond acceptors (Lipinski definition) is 0. The lowest BCUT2D eigenvalue weighted by molar-refractivity contribution is 0.668. The highest BCUT2D eigenvalue weighted by atomic mass is 27.2. The molecule has 0 radical (unpaired) electrons. The molecule has 0 rings (SSSR count). The van der Waals surface area contributed by atoms with Crippen molar-refractivity contribution in [2.45, 2.75) is 151 Å². The lowest BCUT2D eigenvalue weighted by Gasteiger charge is -2.18. The van der Waals surface area contributed by atoms with Crippen LogP contribution in [0, 0.1) is 35.5 Å². The van der Waals surface area contributed by atoms with Crippen LogP contribution in [0.15, 0.2) is 25.3 Å². The summed E-state index contributed by atoms with van der Waals surface area (Å²) in [5.74, 6) is 5.63. The van der Waals surface area contributed by atoms with Crippen LogP contribution in [0.3, 0.4) is 0 Å².